The van der Waals surface area contributed by atoms with Crippen LogP contribution in [0.5, 0.6) is 11.5 Å². The fourth-order valence-electron chi connectivity index (χ4n) is 3.30. The monoisotopic (exact) mass is 374 g/mol. The predicted molar refractivity (Wildman–Crippen MR) is 109 cm³/mol. The number of benzene rings is 2. The molecule has 4 rings (SSSR count). The van der Waals surface area contributed by atoms with Crippen molar-refractivity contribution in [3.8, 4) is 11.5 Å². The van der Waals surface area contributed by atoms with E-state index in [2.05, 4.69) is 20.2 Å². The number of para-hydroxylation sites is 1. The number of nitrogens with zero attached hydrogens (tertiary/aromatic N) is 3. The number of rotatable bonds is 5. The lowest BCUT2D eigenvalue weighted by molar-refractivity contribution is -0.120. The van der Waals surface area contributed by atoms with E-state index in [1.54, 1.807) is 18.5 Å². The molecule has 28 heavy (non-hydrogen) atoms. The lowest BCUT2D eigenvalue weighted by Gasteiger charge is -2.31. The van der Waals surface area contributed by atoms with Gasteiger partial charge in [-0.15, -0.1) is 0 Å². The highest BCUT2D eigenvalue weighted by atomic mass is 16.5. The third kappa shape index (κ3) is 4.46. The van der Waals surface area contributed by atoms with Crippen LogP contribution in [-0.4, -0.2) is 29.0 Å². The summed E-state index contributed by atoms with van der Waals surface area (Å²) < 4.78 is 5.78. The predicted octanol–water partition coefficient (Wildman–Crippen LogP) is 4.12. The molecular formula is C22H22N4O2. The molecule has 1 fully saturated rings. The van der Waals surface area contributed by atoms with Gasteiger partial charge in [-0.3, -0.25) is 4.79 Å². The summed E-state index contributed by atoms with van der Waals surface area (Å²) in [7, 11) is 0. The quantitative estimate of drug-likeness (QED) is 0.727. The normalized spacial score (nSPS) is 16.4. The average Bonchev–Trinajstić information content (AvgIpc) is 2.76. The van der Waals surface area contributed by atoms with E-state index in [1.165, 1.54) is 0 Å². The maximum atomic E-state index is 12.7. The van der Waals surface area contributed by atoms with Crippen molar-refractivity contribution >= 4 is 17.5 Å². The standard InChI is InChI=1S/C22H22N4O2/c27-21(17-6-4-15-26(16-17)22-23-13-5-14-24-22)25-18-9-11-20(12-10-18)28-19-7-2-1-3-8-19/h1-3,5,7-14,17H,4,6,15-16H2,(H,25,27)/t17-/m1/s1. The zero-order valence-electron chi connectivity index (χ0n) is 15.5. The number of carbonyl (C=O) groups excluding carboxylic acids is 1. The molecule has 1 amide bonds. The van der Waals surface area contributed by atoms with E-state index in [1.807, 2.05) is 54.6 Å². The molecule has 0 saturated carbocycles. The van der Waals surface area contributed by atoms with Crippen LogP contribution in [-0.2, 0) is 4.79 Å². The number of nitrogens with one attached hydrogen (secondary N) is 1. The minimum absolute atomic E-state index is 0.0253. The van der Waals surface area contributed by atoms with Crippen LogP contribution in [0.4, 0.5) is 11.6 Å². The summed E-state index contributed by atoms with van der Waals surface area (Å²) in [5.74, 6) is 2.14. The molecule has 0 radical (unpaired) electrons. The average molecular weight is 374 g/mol. The first-order valence-electron chi connectivity index (χ1n) is 9.44. The Morgan fingerprint density at radius 3 is 2.43 bits per heavy atom. The van der Waals surface area contributed by atoms with Crippen molar-refractivity contribution in [3.05, 3.63) is 73.1 Å². The van der Waals surface area contributed by atoms with Gasteiger partial charge in [0.15, 0.2) is 0 Å². The van der Waals surface area contributed by atoms with Crippen LogP contribution < -0.4 is 15.0 Å². The zero-order valence-corrected chi connectivity index (χ0v) is 15.5. The first kappa shape index (κ1) is 18.0. The smallest absolute Gasteiger partial charge is 0.229 e. The molecule has 3 aromatic rings. The van der Waals surface area contributed by atoms with E-state index >= 15 is 0 Å². The first-order chi connectivity index (χ1) is 13.8. The molecular weight excluding hydrogens is 352 g/mol. The minimum atomic E-state index is -0.0854. The Morgan fingerprint density at radius 2 is 1.68 bits per heavy atom. The maximum absolute atomic E-state index is 12.7. The number of hydrogen-bond acceptors (Lipinski definition) is 5. The van der Waals surface area contributed by atoms with Gasteiger partial charge >= 0.3 is 0 Å². The van der Waals surface area contributed by atoms with Gasteiger partial charge in [0.05, 0.1) is 5.92 Å². The van der Waals surface area contributed by atoms with Gasteiger partial charge in [0.2, 0.25) is 11.9 Å². The van der Waals surface area contributed by atoms with Crippen LogP contribution in [0.2, 0.25) is 0 Å². The van der Waals surface area contributed by atoms with Crippen LogP contribution in [0, 0.1) is 5.92 Å². The van der Waals surface area contributed by atoms with Crippen molar-refractivity contribution in [1.29, 1.82) is 0 Å². The fourth-order valence-corrected chi connectivity index (χ4v) is 3.30. The molecule has 1 saturated heterocycles. The second-order valence-corrected chi connectivity index (χ2v) is 6.76. The topological polar surface area (TPSA) is 67.3 Å². The van der Waals surface area contributed by atoms with Crippen LogP contribution in [0.15, 0.2) is 73.1 Å². The van der Waals surface area contributed by atoms with Crippen molar-refractivity contribution in [3.63, 3.8) is 0 Å². The second kappa shape index (κ2) is 8.52. The summed E-state index contributed by atoms with van der Waals surface area (Å²) in [6, 6.07) is 18.8. The summed E-state index contributed by atoms with van der Waals surface area (Å²) in [4.78, 5) is 23.4. The van der Waals surface area contributed by atoms with Crippen LogP contribution in [0.3, 0.4) is 0 Å². The third-order valence-electron chi connectivity index (χ3n) is 4.73. The second-order valence-electron chi connectivity index (χ2n) is 6.76. The molecule has 1 aromatic heterocycles. The molecule has 0 bridgehead atoms. The lowest BCUT2D eigenvalue weighted by atomic mass is 9.97. The molecule has 0 spiro atoms. The van der Waals surface area contributed by atoms with Gasteiger partial charge in [-0.25, -0.2) is 9.97 Å². The molecule has 0 aliphatic carbocycles. The van der Waals surface area contributed by atoms with E-state index in [4.69, 9.17) is 4.74 Å². The maximum Gasteiger partial charge on any atom is 0.229 e. The Bertz CT molecular complexity index is 901. The number of aromatic nitrogens is 2. The van der Waals surface area contributed by atoms with Crippen LogP contribution >= 0.6 is 0 Å². The van der Waals surface area contributed by atoms with Crippen molar-refractivity contribution in [2.45, 2.75) is 12.8 Å². The fraction of sp³-hybridized carbons (Fsp3) is 0.227. The Hall–Kier alpha value is -3.41. The van der Waals surface area contributed by atoms with Crippen LogP contribution in [0.1, 0.15) is 12.8 Å². The summed E-state index contributed by atoms with van der Waals surface area (Å²) in [5.41, 5.74) is 0.762. The summed E-state index contributed by atoms with van der Waals surface area (Å²) in [6.07, 6.45) is 5.26. The molecule has 2 aromatic carbocycles. The highest BCUT2D eigenvalue weighted by Crippen LogP contribution is 2.24. The highest BCUT2D eigenvalue weighted by molar-refractivity contribution is 5.93. The highest BCUT2D eigenvalue weighted by Gasteiger charge is 2.27. The van der Waals surface area contributed by atoms with Gasteiger partial charge in [0.1, 0.15) is 11.5 Å². The zero-order chi connectivity index (χ0) is 19.2. The number of piperidine rings is 1. The molecule has 0 unspecified atom stereocenters. The molecule has 1 atom stereocenters. The number of hydrogen-bond donors (Lipinski definition) is 1. The molecule has 6 nitrogen and oxygen atoms in total. The number of anilines is 2. The molecule has 1 aliphatic heterocycles. The molecule has 6 heteroatoms. The molecule has 142 valence electrons. The first-order valence-corrected chi connectivity index (χ1v) is 9.44. The van der Waals surface area contributed by atoms with Crippen molar-refractivity contribution in [2.75, 3.05) is 23.3 Å². The van der Waals surface area contributed by atoms with Gasteiger partial charge in [-0.2, -0.15) is 0 Å². The Morgan fingerprint density at radius 1 is 0.964 bits per heavy atom. The van der Waals surface area contributed by atoms with E-state index in [0.29, 0.717) is 12.5 Å². The number of ether oxygens (including phenoxy) is 1. The summed E-state index contributed by atoms with van der Waals surface area (Å²) >= 11 is 0. The lowest BCUT2D eigenvalue weighted by Crippen LogP contribution is -2.41. The van der Waals surface area contributed by atoms with E-state index in [-0.39, 0.29) is 11.8 Å². The third-order valence-corrected chi connectivity index (χ3v) is 4.73. The van der Waals surface area contributed by atoms with Gasteiger partial charge in [-0.05, 0) is 55.3 Å². The SMILES string of the molecule is O=C(Nc1ccc(Oc2ccccc2)cc1)[C@@H]1CCCN(c2ncccn2)C1. The minimum Gasteiger partial charge on any atom is -0.457 e. The van der Waals surface area contributed by atoms with Gasteiger partial charge in [-0.1, -0.05) is 18.2 Å². The van der Waals surface area contributed by atoms with E-state index < -0.39 is 0 Å². The Kier molecular flexibility index (Phi) is 5.47. The van der Waals surface area contributed by atoms with E-state index in [0.717, 1.165) is 36.6 Å². The van der Waals surface area contributed by atoms with Crippen molar-refractivity contribution in [1.82, 2.24) is 9.97 Å². The van der Waals surface area contributed by atoms with E-state index in [9.17, 15) is 4.79 Å². The van der Waals surface area contributed by atoms with Crippen molar-refractivity contribution < 1.29 is 9.53 Å². The van der Waals surface area contributed by atoms with Gasteiger partial charge in [0.25, 0.3) is 0 Å². The molecule has 1 N–H and O–H groups in total. The number of carbonyl (C=O) groups is 1. The summed E-state index contributed by atoms with van der Waals surface area (Å²) in [6.45, 7) is 1.50. The number of amides is 1. The van der Waals surface area contributed by atoms with Gasteiger partial charge in [0, 0.05) is 31.2 Å². The molecule has 1 aliphatic rings. The van der Waals surface area contributed by atoms with Gasteiger partial charge < -0.3 is 15.0 Å². The van der Waals surface area contributed by atoms with Crippen molar-refractivity contribution in [2.24, 2.45) is 5.92 Å². The Labute approximate surface area is 164 Å². The van der Waals surface area contributed by atoms with Crippen LogP contribution in [0.25, 0.3) is 0 Å². The summed E-state index contributed by atoms with van der Waals surface area (Å²) in [5, 5.41) is 3.01. The Balaban J connectivity index is 1.35. The molecule has 2 heterocycles. The largest absolute Gasteiger partial charge is 0.457 e.